The number of hydrogen-bond acceptors (Lipinski definition) is 5. The number of aromatic amines is 1. The lowest BCUT2D eigenvalue weighted by Crippen LogP contribution is -2.40. The number of β-amino-alcohol motifs (C(OH)–C–C–N with tert-alkyl or cyclic N) is 1. The Balaban J connectivity index is 1.10. The minimum Gasteiger partial charge on any atom is -0.491 e. The van der Waals surface area contributed by atoms with E-state index in [1.807, 2.05) is 30.5 Å². The smallest absolute Gasteiger partial charge is 0.224 e. The van der Waals surface area contributed by atoms with Crippen LogP contribution >= 0.6 is 0 Å². The Bertz CT molecular complexity index is 1070. The van der Waals surface area contributed by atoms with Gasteiger partial charge < -0.3 is 25.0 Å². The standard InChI is InChI=1S/C24H28N4O3/c29-18(15-31-19-4-5-22-17(12-19)3-6-23(30)27-22)14-28-10-7-16(8-11-28)21-13-26-24-20(21)2-1-9-25-24/h1-2,4-5,9,12-13,16,18,29H,3,6-8,10-11,14-15H2,(H,25,26)(H,27,30). The Morgan fingerprint density at radius 1 is 1.23 bits per heavy atom. The minimum atomic E-state index is -0.537. The van der Waals surface area contributed by atoms with Gasteiger partial charge in [-0.3, -0.25) is 4.79 Å². The van der Waals surface area contributed by atoms with E-state index in [0.717, 1.165) is 55.0 Å². The number of rotatable bonds is 6. The molecule has 4 heterocycles. The molecule has 0 radical (unpaired) electrons. The molecule has 5 rings (SSSR count). The third-order valence-corrected chi connectivity index (χ3v) is 6.39. The van der Waals surface area contributed by atoms with Crippen molar-refractivity contribution in [3.05, 3.63) is 53.9 Å². The molecule has 7 heteroatoms. The number of carbonyl (C=O) groups is 1. The highest BCUT2D eigenvalue weighted by Gasteiger charge is 2.24. The molecular formula is C24H28N4O3. The van der Waals surface area contributed by atoms with Gasteiger partial charge >= 0.3 is 0 Å². The first-order valence-electron chi connectivity index (χ1n) is 11.0. The van der Waals surface area contributed by atoms with E-state index in [-0.39, 0.29) is 12.5 Å². The molecule has 1 amide bonds. The van der Waals surface area contributed by atoms with Crippen LogP contribution in [0.3, 0.4) is 0 Å². The molecule has 0 spiro atoms. The van der Waals surface area contributed by atoms with Crippen molar-refractivity contribution in [3.8, 4) is 5.75 Å². The normalized spacial score (nSPS) is 18.5. The highest BCUT2D eigenvalue weighted by Crippen LogP contribution is 2.32. The van der Waals surface area contributed by atoms with Crippen molar-refractivity contribution in [3.63, 3.8) is 0 Å². The Morgan fingerprint density at radius 2 is 2.10 bits per heavy atom. The number of ether oxygens (including phenoxy) is 1. The Hall–Kier alpha value is -2.90. The van der Waals surface area contributed by atoms with Crippen LogP contribution in [0.4, 0.5) is 5.69 Å². The number of nitrogens with zero attached hydrogens (tertiary/aromatic N) is 2. The zero-order chi connectivity index (χ0) is 21.2. The number of nitrogens with one attached hydrogen (secondary N) is 2. The fourth-order valence-electron chi connectivity index (χ4n) is 4.73. The molecule has 31 heavy (non-hydrogen) atoms. The lowest BCUT2D eigenvalue weighted by molar-refractivity contribution is -0.116. The largest absolute Gasteiger partial charge is 0.491 e. The zero-order valence-electron chi connectivity index (χ0n) is 17.5. The SMILES string of the molecule is O=C1CCc2cc(OCC(O)CN3CCC(c4c[nH]c5ncccc45)CC3)ccc2N1. The number of benzene rings is 1. The van der Waals surface area contributed by atoms with Crippen LogP contribution in [0.15, 0.2) is 42.7 Å². The summed E-state index contributed by atoms with van der Waals surface area (Å²) in [4.78, 5) is 21.5. The molecule has 1 aromatic carbocycles. The zero-order valence-corrected chi connectivity index (χ0v) is 17.5. The fourth-order valence-corrected chi connectivity index (χ4v) is 4.73. The summed E-state index contributed by atoms with van der Waals surface area (Å²) in [5.41, 5.74) is 4.26. The van der Waals surface area contributed by atoms with Gasteiger partial charge in [-0.25, -0.2) is 4.98 Å². The Kier molecular flexibility index (Phi) is 5.61. The van der Waals surface area contributed by atoms with Gasteiger partial charge in [-0.2, -0.15) is 0 Å². The number of likely N-dealkylation sites (tertiary alicyclic amines) is 1. The summed E-state index contributed by atoms with van der Waals surface area (Å²) in [5.74, 6) is 1.32. The number of pyridine rings is 1. The summed E-state index contributed by atoms with van der Waals surface area (Å²) in [6.07, 6.45) is 6.76. The number of aliphatic hydroxyl groups is 1. The number of anilines is 1. The third-order valence-electron chi connectivity index (χ3n) is 6.39. The highest BCUT2D eigenvalue weighted by atomic mass is 16.5. The van der Waals surface area contributed by atoms with Crippen LogP contribution in [0.25, 0.3) is 11.0 Å². The van der Waals surface area contributed by atoms with Gasteiger partial charge in [0.05, 0.1) is 0 Å². The molecule has 2 aliphatic heterocycles. The van der Waals surface area contributed by atoms with Crippen molar-refractivity contribution < 1.29 is 14.6 Å². The Labute approximate surface area is 181 Å². The summed E-state index contributed by atoms with van der Waals surface area (Å²) in [6, 6.07) is 9.81. The number of aryl methyl sites for hydroxylation is 1. The molecule has 2 aromatic heterocycles. The second-order valence-electron chi connectivity index (χ2n) is 8.55. The summed E-state index contributed by atoms with van der Waals surface area (Å²) in [7, 11) is 0. The molecule has 1 unspecified atom stereocenters. The van der Waals surface area contributed by atoms with Crippen LogP contribution in [0.2, 0.25) is 0 Å². The van der Waals surface area contributed by atoms with Crippen molar-refractivity contribution in [1.82, 2.24) is 14.9 Å². The first-order valence-corrected chi connectivity index (χ1v) is 11.0. The maximum absolute atomic E-state index is 11.5. The van der Waals surface area contributed by atoms with Crippen LogP contribution in [0.5, 0.6) is 5.75 Å². The monoisotopic (exact) mass is 420 g/mol. The van der Waals surface area contributed by atoms with Crippen molar-refractivity contribution in [2.45, 2.75) is 37.7 Å². The molecule has 0 aliphatic carbocycles. The second kappa shape index (κ2) is 8.69. The van der Waals surface area contributed by atoms with Crippen molar-refractivity contribution in [2.75, 3.05) is 31.6 Å². The molecule has 0 bridgehead atoms. The Morgan fingerprint density at radius 3 is 2.97 bits per heavy atom. The second-order valence-corrected chi connectivity index (χ2v) is 8.55. The van der Waals surface area contributed by atoms with Gasteiger partial charge in [0.1, 0.15) is 24.1 Å². The van der Waals surface area contributed by atoms with E-state index < -0.39 is 6.10 Å². The number of H-pyrrole nitrogens is 1. The number of aliphatic hydroxyl groups excluding tert-OH is 1. The average molecular weight is 421 g/mol. The quantitative estimate of drug-likeness (QED) is 0.570. The molecule has 1 atom stereocenters. The molecule has 0 saturated carbocycles. The predicted octanol–water partition coefficient (Wildman–Crippen LogP) is 3.07. The molecule has 3 aromatic rings. The lowest BCUT2D eigenvalue weighted by atomic mass is 9.89. The molecule has 162 valence electrons. The molecule has 3 N–H and O–H groups in total. The third kappa shape index (κ3) is 4.43. The number of amides is 1. The van der Waals surface area contributed by atoms with E-state index in [1.165, 1.54) is 10.9 Å². The van der Waals surface area contributed by atoms with Gasteiger partial charge in [-0.1, -0.05) is 0 Å². The first kappa shape index (κ1) is 20.0. The van der Waals surface area contributed by atoms with E-state index in [2.05, 4.69) is 32.4 Å². The van der Waals surface area contributed by atoms with E-state index in [1.54, 1.807) is 0 Å². The van der Waals surface area contributed by atoms with Crippen molar-refractivity contribution in [2.24, 2.45) is 0 Å². The first-order chi connectivity index (χ1) is 15.2. The summed E-state index contributed by atoms with van der Waals surface area (Å²) < 4.78 is 5.83. The average Bonchev–Trinajstić information content (AvgIpc) is 3.22. The van der Waals surface area contributed by atoms with E-state index in [0.29, 0.717) is 18.9 Å². The molecular weight excluding hydrogens is 392 g/mol. The molecule has 7 nitrogen and oxygen atoms in total. The number of aromatic nitrogens is 2. The van der Waals surface area contributed by atoms with E-state index in [4.69, 9.17) is 4.74 Å². The van der Waals surface area contributed by atoms with E-state index in [9.17, 15) is 9.90 Å². The van der Waals surface area contributed by atoms with Crippen molar-refractivity contribution in [1.29, 1.82) is 0 Å². The number of fused-ring (bicyclic) bond motifs is 2. The highest BCUT2D eigenvalue weighted by molar-refractivity contribution is 5.94. The molecule has 1 fully saturated rings. The molecule has 2 aliphatic rings. The van der Waals surface area contributed by atoms with Gasteiger partial charge in [0.15, 0.2) is 0 Å². The number of hydrogen-bond donors (Lipinski definition) is 3. The fraction of sp³-hybridized carbons (Fsp3) is 0.417. The maximum Gasteiger partial charge on any atom is 0.224 e. The molecule has 1 saturated heterocycles. The van der Waals surface area contributed by atoms with Gasteiger partial charge in [0.2, 0.25) is 5.91 Å². The van der Waals surface area contributed by atoms with Crippen LogP contribution in [-0.4, -0.2) is 58.2 Å². The van der Waals surface area contributed by atoms with Crippen LogP contribution in [-0.2, 0) is 11.2 Å². The predicted molar refractivity (Wildman–Crippen MR) is 119 cm³/mol. The van der Waals surface area contributed by atoms with Crippen LogP contribution in [0.1, 0.15) is 36.3 Å². The van der Waals surface area contributed by atoms with Gasteiger partial charge in [0.25, 0.3) is 0 Å². The maximum atomic E-state index is 11.5. The summed E-state index contributed by atoms with van der Waals surface area (Å²) >= 11 is 0. The number of carbonyl (C=O) groups excluding carboxylic acids is 1. The van der Waals surface area contributed by atoms with Crippen LogP contribution < -0.4 is 10.1 Å². The van der Waals surface area contributed by atoms with Gasteiger partial charge in [-0.15, -0.1) is 0 Å². The van der Waals surface area contributed by atoms with Crippen molar-refractivity contribution >= 4 is 22.6 Å². The topological polar surface area (TPSA) is 90.5 Å². The van der Waals surface area contributed by atoms with E-state index >= 15 is 0 Å². The summed E-state index contributed by atoms with van der Waals surface area (Å²) in [6.45, 7) is 2.81. The van der Waals surface area contributed by atoms with Gasteiger partial charge in [0, 0.05) is 36.4 Å². The van der Waals surface area contributed by atoms with Crippen LogP contribution in [0, 0.1) is 0 Å². The number of piperidine rings is 1. The lowest BCUT2D eigenvalue weighted by Gasteiger charge is -2.33. The minimum absolute atomic E-state index is 0.0571. The van der Waals surface area contributed by atoms with Gasteiger partial charge in [-0.05, 0) is 79.7 Å². The summed E-state index contributed by atoms with van der Waals surface area (Å²) in [5, 5.41) is 14.6.